The van der Waals surface area contributed by atoms with Crippen molar-refractivity contribution in [3.8, 4) is 0 Å². The lowest BCUT2D eigenvalue weighted by molar-refractivity contribution is -0.143. The summed E-state index contributed by atoms with van der Waals surface area (Å²) in [7, 11) is 0. The van der Waals surface area contributed by atoms with Crippen LogP contribution in [0.25, 0.3) is 0 Å². The molecule has 1 amide bonds. The lowest BCUT2D eigenvalue weighted by Crippen LogP contribution is -2.45. The molecule has 0 saturated carbocycles. The molecule has 3 N–H and O–H groups in total. The second-order valence-corrected chi connectivity index (χ2v) is 23.5. The van der Waals surface area contributed by atoms with Crippen molar-refractivity contribution in [2.75, 3.05) is 13.2 Å². The summed E-state index contributed by atoms with van der Waals surface area (Å²) in [6.07, 6.45) is 86.2. The number of aliphatic hydroxyl groups is 2. The Hall–Kier alpha value is -2.18. The summed E-state index contributed by atoms with van der Waals surface area (Å²) >= 11 is 0. The second kappa shape index (κ2) is 66.3. The summed E-state index contributed by atoms with van der Waals surface area (Å²) in [5.74, 6) is -0.0570. The third-order valence-corrected chi connectivity index (χ3v) is 15.8. The van der Waals surface area contributed by atoms with E-state index in [0.29, 0.717) is 19.4 Å². The quantitative estimate of drug-likeness (QED) is 0.0320. The van der Waals surface area contributed by atoms with Crippen LogP contribution >= 0.6 is 0 Å². The molecular weight excluding hydrogens is 947 g/mol. The van der Waals surface area contributed by atoms with E-state index < -0.39 is 12.1 Å². The third-order valence-electron chi connectivity index (χ3n) is 15.8. The standard InChI is InChI=1S/C71H133NO5/c1-3-5-7-9-11-13-15-17-18-19-35-38-41-45-49-53-57-61-65-71(76)77-66-62-58-54-50-46-42-39-36-33-31-29-27-25-23-21-20-22-24-26-28-30-32-34-37-40-44-48-52-56-60-64-70(75)72-68(67-73)69(74)63-59-55-51-47-43-16-14-12-10-8-6-4-2/h13,15,18-19,21,23,59,63,68-69,73-74H,3-12,14,16-17,20,22,24-58,60-62,64-67H2,1-2H3,(H,72,75)/b15-13-,19-18-,23-21-,63-59+. The van der Waals surface area contributed by atoms with Crippen molar-refractivity contribution < 1.29 is 24.5 Å². The zero-order valence-electron chi connectivity index (χ0n) is 51.7. The Labute approximate surface area is 480 Å². The number of hydrogen-bond acceptors (Lipinski definition) is 5. The van der Waals surface area contributed by atoms with Gasteiger partial charge in [0.2, 0.25) is 5.91 Å². The SMILES string of the molecule is CCCCCC/C=C\C/C=C\CCCCCCCCCC(=O)OCCCCCCCCCCCCCC/C=C\CCCCCCCCCCCCCCCCC(=O)NC(CO)C(O)/C=C/CCCCCCCCCCCC. The monoisotopic (exact) mass is 1080 g/mol. The lowest BCUT2D eigenvalue weighted by Gasteiger charge is -2.20. The first kappa shape index (κ1) is 74.8. The first-order valence-electron chi connectivity index (χ1n) is 34.4. The van der Waals surface area contributed by atoms with Crippen LogP contribution in [-0.4, -0.2) is 47.4 Å². The molecule has 2 unspecified atom stereocenters. The smallest absolute Gasteiger partial charge is 0.305 e. The van der Waals surface area contributed by atoms with Crippen molar-refractivity contribution in [3.63, 3.8) is 0 Å². The van der Waals surface area contributed by atoms with Crippen LogP contribution in [0, 0.1) is 0 Å². The summed E-state index contributed by atoms with van der Waals surface area (Å²) < 4.78 is 5.50. The van der Waals surface area contributed by atoms with Gasteiger partial charge < -0.3 is 20.3 Å². The van der Waals surface area contributed by atoms with Crippen LogP contribution in [0.4, 0.5) is 0 Å². The summed E-state index contributed by atoms with van der Waals surface area (Å²) in [6, 6.07) is -0.626. The van der Waals surface area contributed by atoms with Gasteiger partial charge in [-0.25, -0.2) is 0 Å². The number of amides is 1. The Morgan fingerprint density at radius 2 is 0.649 bits per heavy atom. The van der Waals surface area contributed by atoms with E-state index in [9.17, 15) is 19.8 Å². The van der Waals surface area contributed by atoms with Crippen molar-refractivity contribution >= 4 is 11.9 Å². The van der Waals surface area contributed by atoms with E-state index in [4.69, 9.17) is 4.74 Å². The van der Waals surface area contributed by atoms with Gasteiger partial charge in [-0.3, -0.25) is 9.59 Å². The highest BCUT2D eigenvalue weighted by Crippen LogP contribution is 2.18. The molecule has 452 valence electrons. The molecule has 0 aromatic rings. The second-order valence-electron chi connectivity index (χ2n) is 23.5. The fourth-order valence-corrected chi connectivity index (χ4v) is 10.5. The number of ether oxygens (including phenoxy) is 1. The topological polar surface area (TPSA) is 95.9 Å². The van der Waals surface area contributed by atoms with Gasteiger partial charge in [-0.2, -0.15) is 0 Å². The molecule has 77 heavy (non-hydrogen) atoms. The number of carbonyl (C=O) groups is 2. The third kappa shape index (κ3) is 62.9. The van der Waals surface area contributed by atoms with Gasteiger partial charge in [-0.05, 0) is 89.9 Å². The maximum absolute atomic E-state index is 12.4. The predicted octanol–water partition coefficient (Wildman–Crippen LogP) is 22.1. The highest BCUT2D eigenvalue weighted by molar-refractivity contribution is 5.76. The zero-order valence-corrected chi connectivity index (χ0v) is 51.7. The molecule has 0 spiro atoms. The van der Waals surface area contributed by atoms with Gasteiger partial charge in [0.25, 0.3) is 0 Å². The van der Waals surface area contributed by atoms with E-state index >= 15 is 0 Å². The van der Waals surface area contributed by atoms with Crippen LogP contribution in [0.3, 0.4) is 0 Å². The summed E-state index contributed by atoms with van der Waals surface area (Å²) in [4.78, 5) is 24.5. The van der Waals surface area contributed by atoms with Gasteiger partial charge in [-0.15, -0.1) is 0 Å². The maximum atomic E-state index is 12.4. The first-order valence-corrected chi connectivity index (χ1v) is 34.4. The van der Waals surface area contributed by atoms with E-state index in [-0.39, 0.29) is 18.5 Å². The normalized spacial score (nSPS) is 12.8. The lowest BCUT2D eigenvalue weighted by atomic mass is 10.0. The van der Waals surface area contributed by atoms with Crippen molar-refractivity contribution in [1.29, 1.82) is 0 Å². The molecule has 2 atom stereocenters. The van der Waals surface area contributed by atoms with Crippen LogP contribution in [0.15, 0.2) is 48.6 Å². The van der Waals surface area contributed by atoms with Gasteiger partial charge in [0.05, 0.1) is 25.4 Å². The minimum absolute atomic E-state index is 0.00941. The zero-order chi connectivity index (χ0) is 55.7. The Bertz CT molecular complexity index is 1290. The van der Waals surface area contributed by atoms with Gasteiger partial charge in [0, 0.05) is 12.8 Å². The number of esters is 1. The van der Waals surface area contributed by atoms with E-state index in [1.165, 1.54) is 289 Å². The number of allylic oxidation sites excluding steroid dienone is 7. The molecule has 0 saturated heterocycles. The molecule has 0 bridgehead atoms. The average Bonchev–Trinajstić information content (AvgIpc) is 3.43. The largest absolute Gasteiger partial charge is 0.466 e. The fourth-order valence-electron chi connectivity index (χ4n) is 10.5. The average molecular weight is 1080 g/mol. The molecule has 0 radical (unpaired) electrons. The Kier molecular flexibility index (Phi) is 64.5. The van der Waals surface area contributed by atoms with Crippen LogP contribution < -0.4 is 5.32 Å². The van der Waals surface area contributed by atoms with Crippen LogP contribution in [0.1, 0.15) is 367 Å². The Morgan fingerprint density at radius 3 is 1.01 bits per heavy atom. The van der Waals surface area contributed by atoms with Gasteiger partial charge in [-0.1, -0.05) is 313 Å². The Morgan fingerprint density at radius 1 is 0.364 bits per heavy atom. The number of rotatable bonds is 64. The molecule has 0 rings (SSSR count). The molecule has 0 aliphatic carbocycles. The van der Waals surface area contributed by atoms with Crippen LogP contribution in [-0.2, 0) is 14.3 Å². The molecule has 0 aliphatic rings. The van der Waals surface area contributed by atoms with Crippen LogP contribution in [0.5, 0.6) is 0 Å². The summed E-state index contributed by atoms with van der Waals surface area (Å²) in [5.41, 5.74) is 0. The maximum Gasteiger partial charge on any atom is 0.305 e. The molecular formula is C71H133NO5. The van der Waals surface area contributed by atoms with E-state index in [1.54, 1.807) is 6.08 Å². The van der Waals surface area contributed by atoms with E-state index in [2.05, 4.69) is 55.6 Å². The highest BCUT2D eigenvalue weighted by Gasteiger charge is 2.18. The molecule has 0 aliphatic heterocycles. The molecule has 6 nitrogen and oxygen atoms in total. The van der Waals surface area contributed by atoms with Crippen molar-refractivity contribution in [1.82, 2.24) is 5.32 Å². The number of hydrogen-bond donors (Lipinski definition) is 3. The highest BCUT2D eigenvalue weighted by atomic mass is 16.5. The fraction of sp³-hybridized carbons (Fsp3) is 0.859. The number of unbranched alkanes of at least 4 members (excludes halogenated alkanes) is 47. The van der Waals surface area contributed by atoms with Gasteiger partial charge in [0.15, 0.2) is 0 Å². The van der Waals surface area contributed by atoms with Crippen LogP contribution in [0.2, 0.25) is 0 Å². The summed E-state index contributed by atoms with van der Waals surface area (Å²) in [5, 5.41) is 23.1. The van der Waals surface area contributed by atoms with Crippen molar-refractivity contribution in [3.05, 3.63) is 48.6 Å². The predicted molar refractivity (Wildman–Crippen MR) is 338 cm³/mol. The van der Waals surface area contributed by atoms with Crippen molar-refractivity contribution in [2.24, 2.45) is 0 Å². The molecule has 0 heterocycles. The molecule has 6 heteroatoms. The van der Waals surface area contributed by atoms with E-state index in [0.717, 1.165) is 51.4 Å². The minimum atomic E-state index is -0.843. The van der Waals surface area contributed by atoms with Gasteiger partial charge in [0.1, 0.15) is 0 Å². The van der Waals surface area contributed by atoms with Crippen molar-refractivity contribution in [2.45, 2.75) is 379 Å². The first-order chi connectivity index (χ1) is 38.0. The number of aliphatic hydroxyl groups excluding tert-OH is 2. The molecule has 0 aromatic heterocycles. The minimum Gasteiger partial charge on any atom is -0.466 e. The summed E-state index contributed by atoms with van der Waals surface area (Å²) in [6.45, 7) is 4.89. The molecule has 0 fully saturated rings. The molecule has 0 aromatic carbocycles. The number of nitrogens with one attached hydrogen (secondary N) is 1. The van der Waals surface area contributed by atoms with E-state index in [1.807, 2.05) is 6.08 Å². The Balaban J connectivity index is 3.36. The number of carbonyl (C=O) groups excluding carboxylic acids is 2. The van der Waals surface area contributed by atoms with Gasteiger partial charge >= 0.3 is 5.97 Å².